The third-order valence-electron chi connectivity index (χ3n) is 4.20. The van der Waals surface area contributed by atoms with Crippen LogP contribution in [0.4, 0.5) is 17.5 Å². The lowest BCUT2D eigenvalue weighted by molar-refractivity contribution is 0.927. The van der Waals surface area contributed by atoms with Crippen LogP contribution in [0.15, 0.2) is 66.9 Å². The van der Waals surface area contributed by atoms with Crippen LogP contribution in [0.5, 0.6) is 0 Å². The molecule has 0 bridgehead atoms. The van der Waals surface area contributed by atoms with Crippen LogP contribution in [0, 0.1) is 0 Å². The Labute approximate surface area is 156 Å². The number of nitrogens with zero attached hydrogens (tertiary/aromatic N) is 3. The van der Waals surface area contributed by atoms with Crippen molar-refractivity contribution in [3.05, 3.63) is 77.4 Å². The summed E-state index contributed by atoms with van der Waals surface area (Å²) in [5, 5.41) is 7.29. The smallest absolute Gasteiger partial charge is 0.203 e. The van der Waals surface area contributed by atoms with Crippen molar-refractivity contribution in [3.8, 4) is 0 Å². The number of anilines is 3. The molecule has 0 unspecified atom stereocenters. The second-order valence-electron chi connectivity index (χ2n) is 6.00. The van der Waals surface area contributed by atoms with E-state index in [-0.39, 0.29) is 0 Å². The molecule has 0 radical (unpaired) electrons. The maximum atomic E-state index is 6.21. The second-order valence-corrected chi connectivity index (χ2v) is 6.40. The maximum Gasteiger partial charge on any atom is 0.203 e. The van der Waals surface area contributed by atoms with Crippen LogP contribution >= 0.6 is 11.6 Å². The van der Waals surface area contributed by atoms with Gasteiger partial charge in [0.25, 0.3) is 0 Å². The molecule has 0 fully saturated rings. The van der Waals surface area contributed by atoms with Crippen LogP contribution < -0.4 is 10.6 Å². The Balaban J connectivity index is 1.58. The van der Waals surface area contributed by atoms with Crippen molar-refractivity contribution >= 4 is 40.1 Å². The summed E-state index contributed by atoms with van der Waals surface area (Å²) < 4.78 is 2.03. The fraction of sp³-hybridized carbons (Fsp3) is 0.100. The molecule has 4 aromatic rings. The lowest BCUT2D eigenvalue weighted by Crippen LogP contribution is -2.04. The van der Waals surface area contributed by atoms with Gasteiger partial charge < -0.3 is 15.2 Å². The molecule has 0 spiro atoms. The molecule has 2 aromatic carbocycles. The molecule has 26 heavy (non-hydrogen) atoms. The van der Waals surface area contributed by atoms with Crippen molar-refractivity contribution in [2.75, 3.05) is 10.6 Å². The standard InChI is InChI=1S/C20H18ClN5/c1-26-18-11-19(24-16-10-6-5-9-15(16)21)22-13-17(18)25-20(26)23-12-14-7-3-2-4-8-14/h2-11,13H,12H2,1H3,(H,22,24)(H,23,25). The Bertz CT molecular complexity index is 1040. The van der Waals surface area contributed by atoms with E-state index in [1.54, 1.807) is 6.20 Å². The molecular weight excluding hydrogens is 346 g/mol. The monoisotopic (exact) mass is 363 g/mol. The normalized spacial score (nSPS) is 10.8. The number of aromatic nitrogens is 3. The minimum atomic E-state index is 0.657. The number of fused-ring (bicyclic) bond motifs is 1. The van der Waals surface area contributed by atoms with E-state index in [4.69, 9.17) is 11.6 Å². The van der Waals surface area contributed by atoms with Crippen molar-refractivity contribution in [2.45, 2.75) is 6.54 Å². The first-order chi connectivity index (χ1) is 12.7. The predicted octanol–water partition coefficient (Wildman–Crippen LogP) is 4.98. The summed E-state index contributed by atoms with van der Waals surface area (Å²) >= 11 is 6.21. The summed E-state index contributed by atoms with van der Waals surface area (Å²) in [4.78, 5) is 9.07. The van der Waals surface area contributed by atoms with Gasteiger partial charge in [-0.05, 0) is 17.7 Å². The zero-order chi connectivity index (χ0) is 17.9. The number of halogens is 1. The summed E-state index contributed by atoms with van der Waals surface area (Å²) in [5.74, 6) is 1.53. The van der Waals surface area contributed by atoms with E-state index in [0.29, 0.717) is 5.02 Å². The number of imidazole rings is 1. The molecule has 0 saturated carbocycles. The molecule has 5 nitrogen and oxygen atoms in total. The molecule has 130 valence electrons. The molecule has 6 heteroatoms. The number of aryl methyl sites for hydroxylation is 1. The summed E-state index contributed by atoms with van der Waals surface area (Å²) in [5.41, 5.74) is 3.86. The Kier molecular flexibility index (Phi) is 4.46. The van der Waals surface area contributed by atoms with Crippen LogP contribution in [0.2, 0.25) is 5.02 Å². The van der Waals surface area contributed by atoms with E-state index in [1.807, 2.05) is 60.1 Å². The zero-order valence-electron chi connectivity index (χ0n) is 14.3. The predicted molar refractivity (Wildman–Crippen MR) is 107 cm³/mol. The molecule has 2 heterocycles. The molecule has 0 saturated heterocycles. The van der Waals surface area contributed by atoms with Gasteiger partial charge >= 0.3 is 0 Å². The van der Waals surface area contributed by atoms with Gasteiger partial charge in [0.1, 0.15) is 11.3 Å². The number of rotatable bonds is 5. The lowest BCUT2D eigenvalue weighted by Gasteiger charge is -2.08. The van der Waals surface area contributed by atoms with E-state index in [9.17, 15) is 0 Å². The first kappa shape index (κ1) is 16.4. The minimum absolute atomic E-state index is 0.657. The molecular formula is C20H18ClN5. The second kappa shape index (κ2) is 7.06. The zero-order valence-corrected chi connectivity index (χ0v) is 15.0. The lowest BCUT2D eigenvalue weighted by atomic mass is 10.2. The number of pyridine rings is 1. The van der Waals surface area contributed by atoms with Gasteiger partial charge in [0, 0.05) is 19.7 Å². The van der Waals surface area contributed by atoms with E-state index in [0.717, 1.165) is 35.0 Å². The van der Waals surface area contributed by atoms with Crippen LogP contribution in [-0.2, 0) is 13.6 Å². The molecule has 0 atom stereocenters. The number of hydrogen-bond donors (Lipinski definition) is 2. The highest BCUT2D eigenvalue weighted by molar-refractivity contribution is 6.33. The van der Waals surface area contributed by atoms with Crippen LogP contribution in [-0.4, -0.2) is 14.5 Å². The fourth-order valence-corrected chi connectivity index (χ4v) is 2.98. The first-order valence-corrected chi connectivity index (χ1v) is 8.70. The molecule has 4 rings (SSSR count). The summed E-state index contributed by atoms with van der Waals surface area (Å²) in [6.45, 7) is 0.718. The van der Waals surface area contributed by atoms with Gasteiger partial charge in [-0.2, -0.15) is 0 Å². The van der Waals surface area contributed by atoms with Gasteiger partial charge in [-0.25, -0.2) is 9.97 Å². The molecule has 0 aliphatic carbocycles. The van der Waals surface area contributed by atoms with Crippen molar-refractivity contribution in [3.63, 3.8) is 0 Å². The molecule has 2 N–H and O–H groups in total. The van der Waals surface area contributed by atoms with Gasteiger partial charge in [0.05, 0.1) is 22.4 Å². The van der Waals surface area contributed by atoms with Crippen LogP contribution in [0.1, 0.15) is 5.56 Å². The third kappa shape index (κ3) is 3.34. The average Bonchev–Trinajstić information content (AvgIpc) is 2.98. The summed E-state index contributed by atoms with van der Waals surface area (Å²) in [6.07, 6.45) is 1.77. The Morgan fingerprint density at radius 3 is 2.62 bits per heavy atom. The summed E-state index contributed by atoms with van der Waals surface area (Å²) in [7, 11) is 1.99. The highest BCUT2D eigenvalue weighted by Gasteiger charge is 2.10. The first-order valence-electron chi connectivity index (χ1n) is 8.32. The Hall–Kier alpha value is -3.05. The average molecular weight is 364 g/mol. The van der Waals surface area contributed by atoms with Crippen molar-refractivity contribution in [1.29, 1.82) is 0 Å². The van der Waals surface area contributed by atoms with Gasteiger partial charge in [-0.15, -0.1) is 0 Å². The minimum Gasteiger partial charge on any atom is -0.352 e. The van der Waals surface area contributed by atoms with Gasteiger partial charge in [0.2, 0.25) is 5.95 Å². The van der Waals surface area contributed by atoms with E-state index >= 15 is 0 Å². The van der Waals surface area contributed by atoms with Crippen LogP contribution in [0.3, 0.4) is 0 Å². The topological polar surface area (TPSA) is 54.8 Å². The fourth-order valence-electron chi connectivity index (χ4n) is 2.80. The highest BCUT2D eigenvalue weighted by Crippen LogP contribution is 2.26. The molecule has 0 aliphatic rings. The van der Waals surface area contributed by atoms with Crippen molar-refractivity contribution in [1.82, 2.24) is 14.5 Å². The molecule has 2 aromatic heterocycles. The largest absolute Gasteiger partial charge is 0.352 e. The van der Waals surface area contributed by atoms with E-state index < -0.39 is 0 Å². The van der Waals surface area contributed by atoms with Crippen molar-refractivity contribution < 1.29 is 0 Å². The van der Waals surface area contributed by atoms with Gasteiger partial charge in [-0.3, -0.25) is 0 Å². The third-order valence-corrected chi connectivity index (χ3v) is 4.53. The Morgan fingerprint density at radius 2 is 1.81 bits per heavy atom. The maximum absolute atomic E-state index is 6.21. The highest BCUT2D eigenvalue weighted by atomic mass is 35.5. The molecule has 0 aliphatic heterocycles. The quantitative estimate of drug-likeness (QED) is 0.525. The summed E-state index contributed by atoms with van der Waals surface area (Å²) in [6, 6.07) is 19.8. The Morgan fingerprint density at radius 1 is 1.04 bits per heavy atom. The van der Waals surface area contributed by atoms with Crippen LogP contribution in [0.25, 0.3) is 11.0 Å². The SMILES string of the molecule is Cn1c(NCc2ccccc2)nc2cnc(Nc3ccccc3Cl)cc21. The number of nitrogens with one attached hydrogen (secondary N) is 2. The van der Waals surface area contributed by atoms with Gasteiger partial charge in [-0.1, -0.05) is 54.1 Å². The molecule has 0 amide bonds. The van der Waals surface area contributed by atoms with E-state index in [2.05, 4.69) is 32.7 Å². The number of benzene rings is 2. The number of para-hydroxylation sites is 1. The van der Waals surface area contributed by atoms with Crippen molar-refractivity contribution in [2.24, 2.45) is 7.05 Å². The van der Waals surface area contributed by atoms with Gasteiger partial charge in [0.15, 0.2) is 0 Å². The van der Waals surface area contributed by atoms with E-state index in [1.165, 1.54) is 5.56 Å². The number of hydrogen-bond acceptors (Lipinski definition) is 4.